The molecule has 0 aliphatic carbocycles. The van der Waals surface area contributed by atoms with Crippen molar-refractivity contribution in [3.63, 3.8) is 0 Å². The Hall–Kier alpha value is 2.39. The average Bonchev–Trinajstić information content (AvgIpc) is 0.811. The van der Waals surface area contributed by atoms with Crippen molar-refractivity contribution in [1.82, 2.24) is 0 Å². The number of carbonyl (C=O) groups is 1. The third-order valence-corrected chi connectivity index (χ3v) is 0. The molecule has 0 saturated carbocycles. The maximum absolute atomic E-state index is 8.33. The summed E-state index contributed by atoms with van der Waals surface area (Å²) in [6.45, 7) is 0. The number of carboxylic acid groups (broad SMARTS) is 2. The van der Waals surface area contributed by atoms with Crippen molar-refractivity contribution in [2.75, 3.05) is 0 Å². The van der Waals surface area contributed by atoms with E-state index in [1.165, 1.54) is 0 Å². The first-order valence-corrected chi connectivity index (χ1v) is 0.612. The second-order valence-corrected chi connectivity index (χ2v) is 0.250. The normalized spacial score (nSPS) is 3.00. The molecule has 0 aromatic heterocycles. The first-order valence-electron chi connectivity index (χ1n) is 0.612. The second-order valence-electron chi connectivity index (χ2n) is 0.250. The number of hydrogen-bond donors (Lipinski definition) is 0. The molecule has 0 radical (unpaired) electrons. The van der Waals surface area contributed by atoms with Crippen LogP contribution in [-0.4, -0.2) is 6.16 Å². The summed E-state index contributed by atoms with van der Waals surface area (Å²) in [5.41, 5.74) is 0. The second kappa shape index (κ2) is 22.8. The van der Waals surface area contributed by atoms with Gasteiger partial charge in [-0.1, -0.05) is 0 Å². The Morgan fingerprint density at radius 2 is 1.00 bits per heavy atom. The van der Waals surface area contributed by atoms with Crippen LogP contribution in [0.1, 0.15) is 0 Å². The van der Waals surface area contributed by atoms with Crippen LogP contribution in [0.5, 0.6) is 0 Å². The molecule has 0 aliphatic heterocycles. The predicted molar refractivity (Wildman–Crippen MR) is 12.8 cm³/mol. The van der Waals surface area contributed by atoms with Crippen LogP contribution in [0.3, 0.4) is 0 Å². The summed E-state index contributed by atoms with van der Waals surface area (Å²) in [7, 11) is 0. The molecule has 7 heteroatoms. The Balaban J connectivity index is -0.00000000750. The monoisotopic (exact) mass is 434 g/mol. The molecule has 3 nitrogen and oxygen atoms in total. The minimum atomic E-state index is -2.33. The molecular weight excluding hydrogens is 429 g/mol. The van der Waals surface area contributed by atoms with Crippen LogP contribution in [0.25, 0.3) is 0 Å². The summed E-state index contributed by atoms with van der Waals surface area (Å²) in [5, 5.41) is 16.7. The van der Waals surface area contributed by atoms with Gasteiger partial charge >= 0.3 is 81.9 Å². The van der Waals surface area contributed by atoms with Crippen LogP contribution < -0.4 is 10.2 Å². The van der Waals surface area contributed by atoms with Crippen molar-refractivity contribution < 1.29 is 96.9 Å². The average molecular weight is 429 g/mol. The van der Waals surface area contributed by atoms with Gasteiger partial charge in [-0.2, -0.15) is 0 Å². The SMILES string of the molecule is O=C([O-])[O-].[Cd+2].[Cd+2].[Cd+2].[S-2]. The van der Waals surface area contributed by atoms with Crippen LogP contribution in [0, 0.1) is 0 Å². The van der Waals surface area contributed by atoms with Gasteiger partial charge in [-0.05, 0) is 6.16 Å². The van der Waals surface area contributed by atoms with Crippen LogP contribution in [0.15, 0.2) is 0 Å². The van der Waals surface area contributed by atoms with Gasteiger partial charge in [0.25, 0.3) is 0 Å². The minimum Gasteiger partial charge on any atom is -2.00 e. The number of hydrogen-bond acceptors (Lipinski definition) is 3. The van der Waals surface area contributed by atoms with E-state index in [1.54, 1.807) is 0 Å². The summed E-state index contributed by atoms with van der Waals surface area (Å²) < 4.78 is 0. The van der Waals surface area contributed by atoms with E-state index in [2.05, 4.69) is 0 Å². The third-order valence-electron chi connectivity index (χ3n) is 0. The van der Waals surface area contributed by atoms with E-state index in [0.717, 1.165) is 0 Å². The molecule has 8 heavy (non-hydrogen) atoms. The zero-order valence-electron chi connectivity index (χ0n) is 4.25. The molecule has 0 aliphatic rings. The molecule has 0 fully saturated rings. The molecule has 0 aromatic carbocycles. The Labute approximate surface area is 115 Å². The van der Waals surface area contributed by atoms with Crippen LogP contribution in [-0.2, 0) is 95.4 Å². The van der Waals surface area contributed by atoms with Gasteiger partial charge in [0.2, 0.25) is 0 Å². The van der Waals surface area contributed by atoms with Crippen molar-refractivity contribution >= 4 is 19.7 Å². The van der Waals surface area contributed by atoms with Gasteiger partial charge in [0.05, 0.1) is 0 Å². The van der Waals surface area contributed by atoms with Gasteiger partial charge < -0.3 is 28.5 Å². The fourth-order valence-electron chi connectivity index (χ4n) is 0. The zero-order valence-corrected chi connectivity index (χ0v) is 17.2. The molecule has 0 aromatic rings. The van der Waals surface area contributed by atoms with E-state index in [1.807, 2.05) is 0 Å². The summed E-state index contributed by atoms with van der Waals surface area (Å²) in [4.78, 5) is 8.33. The van der Waals surface area contributed by atoms with Gasteiger partial charge in [0, 0.05) is 0 Å². The molecule has 0 heterocycles. The van der Waals surface area contributed by atoms with Gasteiger partial charge in [0.15, 0.2) is 0 Å². The fourth-order valence-corrected chi connectivity index (χ4v) is 0. The van der Waals surface area contributed by atoms with E-state index in [9.17, 15) is 0 Å². The molecule has 0 bridgehead atoms. The van der Waals surface area contributed by atoms with Crippen LogP contribution >= 0.6 is 0 Å². The summed E-state index contributed by atoms with van der Waals surface area (Å²) in [6, 6.07) is 0. The van der Waals surface area contributed by atoms with Gasteiger partial charge in [-0.3, -0.25) is 0 Å². The standard InChI is InChI=1S/CH2O3.3Cd.S/c2-1(3)4;;;;/h(H2,2,3,4);;;;/q;3*+2;-2/p-2. The maximum atomic E-state index is 8.33. The van der Waals surface area contributed by atoms with Crippen molar-refractivity contribution in [3.8, 4) is 0 Å². The van der Waals surface area contributed by atoms with Crippen molar-refractivity contribution in [3.05, 3.63) is 0 Å². The van der Waals surface area contributed by atoms with E-state index in [0.29, 0.717) is 0 Å². The Bertz CT molecular complexity index is 37.5. The summed E-state index contributed by atoms with van der Waals surface area (Å²) >= 11 is 0. The smallest absolute Gasteiger partial charge is 2.00 e. The van der Waals surface area contributed by atoms with Gasteiger partial charge in [0.1, 0.15) is 0 Å². The first-order chi connectivity index (χ1) is 1.73. The number of carbonyl (C=O) groups excluding carboxylic acids is 1. The molecule has 32 valence electrons. The topological polar surface area (TPSA) is 63.2 Å². The van der Waals surface area contributed by atoms with E-state index < -0.39 is 6.16 Å². The molecule has 0 amide bonds. The minimum absolute atomic E-state index is 0. The molecular formula is CCd3O3S+2. The van der Waals surface area contributed by atoms with Crippen LogP contribution in [0.2, 0.25) is 0 Å². The summed E-state index contributed by atoms with van der Waals surface area (Å²) in [5.74, 6) is 0. The van der Waals surface area contributed by atoms with Crippen LogP contribution in [0.4, 0.5) is 4.79 Å². The Morgan fingerprint density at radius 3 is 1.00 bits per heavy atom. The predicted octanol–water partition coefficient (Wildman–Crippen LogP) is -2.46. The van der Waals surface area contributed by atoms with E-state index in [4.69, 9.17) is 15.0 Å². The Kier molecular flexibility index (Phi) is 89.7. The third kappa shape index (κ3) is 80.4. The molecule has 0 atom stereocenters. The summed E-state index contributed by atoms with van der Waals surface area (Å²) in [6.07, 6.45) is -2.33. The number of rotatable bonds is 0. The Morgan fingerprint density at radius 1 is 1.00 bits per heavy atom. The first kappa shape index (κ1) is 31.5. The molecule has 0 rings (SSSR count). The quantitative estimate of drug-likeness (QED) is 0.402. The van der Waals surface area contributed by atoms with Gasteiger partial charge in [-0.15, -0.1) is 0 Å². The van der Waals surface area contributed by atoms with E-state index in [-0.39, 0.29) is 95.4 Å². The zero-order chi connectivity index (χ0) is 3.58. The molecule has 0 spiro atoms. The largest absolute Gasteiger partial charge is 2.00 e. The molecule has 0 saturated heterocycles. The van der Waals surface area contributed by atoms with Crippen molar-refractivity contribution in [1.29, 1.82) is 0 Å². The maximum Gasteiger partial charge on any atom is 2.00 e. The molecule has 0 unspecified atom stereocenters. The fraction of sp³-hybridized carbons (Fsp3) is 0. The van der Waals surface area contributed by atoms with Gasteiger partial charge in [-0.25, -0.2) is 0 Å². The van der Waals surface area contributed by atoms with E-state index >= 15 is 0 Å². The molecule has 0 N–H and O–H groups in total. The van der Waals surface area contributed by atoms with Crippen molar-refractivity contribution in [2.24, 2.45) is 0 Å². The van der Waals surface area contributed by atoms with Crippen molar-refractivity contribution in [2.45, 2.75) is 0 Å².